The van der Waals surface area contributed by atoms with Gasteiger partial charge in [-0.2, -0.15) is 0 Å². The quantitative estimate of drug-likeness (QED) is 0.442. The Morgan fingerprint density at radius 1 is 1.15 bits per heavy atom. The third kappa shape index (κ3) is 3.31. The minimum absolute atomic E-state index is 0.153. The zero-order chi connectivity index (χ0) is 22.5. The molecule has 0 unspecified atom stereocenters. The van der Waals surface area contributed by atoms with Gasteiger partial charge in [0.05, 0.1) is 10.2 Å². The number of ether oxygens (including phenoxy) is 2. The Morgan fingerprint density at radius 2 is 1.97 bits per heavy atom. The fourth-order valence-corrected chi connectivity index (χ4v) is 4.79. The Balaban J connectivity index is 1.31. The summed E-state index contributed by atoms with van der Waals surface area (Å²) in [6.45, 7) is 1.96. The third-order valence-corrected chi connectivity index (χ3v) is 6.42. The number of anilines is 1. The van der Waals surface area contributed by atoms with E-state index in [0.29, 0.717) is 22.8 Å². The lowest BCUT2D eigenvalue weighted by molar-refractivity contribution is -0.117. The van der Waals surface area contributed by atoms with Crippen LogP contribution >= 0.6 is 11.3 Å². The Labute approximate surface area is 190 Å². The molecule has 4 heterocycles. The van der Waals surface area contributed by atoms with Crippen molar-refractivity contribution in [1.29, 1.82) is 0 Å². The summed E-state index contributed by atoms with van der Waals surface area (Å²) in [5.74, 6) is 0.811. The first-order valence-electron chi connectivity index (χ1n) is 10.2. The van der Waals surface area contributed by atoms with Crippen LogP contribution < -0.4 is 20.5 Å². The number of fused-ring (bicyclic) bond motifs is 4. The van der Waals surface area contributed by atoms with E-state index < -0.39 is 5.69 Å². The predicted octanol–water partition coefficient (Wildman–Crippen LogP) is 3.45. The molecule has 6 rings (SSSR count). The lowest BCUT2D eigenvalue weighted by atomic mass is 10.1. The van der Waals surface area contributed by atoms with Crippen LogP contribution in [0.25, 0.3) is 27.0 Å². The molecule has 2 aromatic carbocycles. The molecule has 1 N–H and O–H groups in total. The molecule has 9 nitrogen and oxygen atoms in total. The Morgan fingerprint density at radius 3 is 2.82 bits per heavy atom. The van der Waals surface area contributed by atoms with Crippen molar-refractivity contribution in [2.45, 2.75) is 13.5 Å². The molecule has 0 aliphatic carbocycles. The standard InChI is InChI=1S/C23H17N5O4S/c1-13-2-4-14(5-3-13)16-10-33-21-20(16)24-11-27-22(21)26-28(23(27)30)9-19(29)25-15-6-7-17-18(8-15)32-12-31-17/h2-8,10-11H,9,12H2,1H3,(H,25,29). The molecule has 5 aromatic rings. The molecular weight excluding hydrogens is 442 g/mol. The monoisotopic (exact) mass is 459 g/mol. The zero-order valence-corrected chi connectivity index (χ0v) is 18.3. The van der Waals surface area contributed by atoms with Gasteiger partial charge in [0, 0.05) is 22.7 Å². The number of carbonyl (C=O) groups excluding carboxylic acids is 1. The highest BCUT2D eigenvalue weighted by molar-refractivity contribution is 7.18. The van der Waals surface area contributed by atoms with Gasteiger partial charge in [-0.15, -0.1) is 16.4 Å². The Bertz CT molecular complexity index is 1600. The number of hydrogen-bond donors (Lipinski definition) is 1. The van der Waals surface area contributed by atoms with Crippen molar-refractivity contribution in [3.05, 3.63) is 70.2 Å². The number of aromatic nitrogens is 4. The largest absolute Gasteiger partial charge is 0.454 e. The van der Waals surface area contributed by atoms with Crippen molar-refractivity contribution < 1.29 is 14.3 Å². The van der Waals surface area contributed by atoms with Crippen LogP contribution in [0.5, 0.6) is 11.5 Å². The maximum atomic E-state index is 12.8. The molecule has 0 fully saturated rings. The molecule has 3 aromatic heterocycles. The van der Waals surface area contributed by atoms with Gasteiger partial charge < -0.3 is 14.8 Å². The highest BCUT2D eigenvalue weighted by Gasteiger charge is 2.18. The van der Waals surface area contributed by atoms with Crippen molar-refractivity contribution in [3.8, 4) is 22.6 Å². The van der Waals surface area contributed by atoms with Crippen LogP contribution in [0, 0.1) is 6.92 Å². The van der Waals surface area contributed by atoms with E-state index in [9.17, 15) is 9.59 Å². The smallest absolute Gasteiger partial charge is 0.352 e. The second-order valence-corrected chi connectivity index (χ2v) is 8.57. The normalized spacial score (nSPS) is 12.5. The first kappa shape index (κ1) is 19.5. The number of rotatable bonds is 4. The lowest BCUT2D eigenvalue weighted by Gasteiger charge is -2.05. The van der Waals surface area contributed by atoms with Crippen LogP contribution in [-0.4, -0.2) is 31.9 Å². The van der Waals surface area contributed by atoms with Gasteiger partial charge in [0.25, 0.3) is 0 Å². The van der Waals surface area contributed by atoms with Crippen LogP contribution in [0.15, 0.2) is 59.0 Å². The van der Waals surface area contributed by atoms with Gasteiger partial charge in [0.1, 0.15) is 12.9 Å². The first-order valence-corrected chi connectivity index (χ1v) is 11.1. The molecule has 0 saturated carbocycles. The highest BCUT2D eigenvalue weighted by Crippen LogP contribution is 2.35. The number of hydrogen-bond acceptors (Lipinski definition) is 7. The maximum absolute atomic E-state index is 12.8. The van der Waals surface area contributed by atoms with Crippen LogP contribution in [-0.2, 0) is 11.3 Å². The second kappa shape index (κ2) is 7.45. The summed E-state index contributed by atoms with van der Waals surface area (Å²) < 4.78 is 13.9. The van der Waals surface area contributed by atoms with E-state index in [1.54, 1.807) is 18.2 Å². The van der Waals surface area contributed by atoms with Crippen molar-refractivity contribution in [2.24, 2.45) is 0 Å². The fraction of sp³-hybridized carbons (Fsp3) is 0.130. The van der Waals surface area contributed by atoms with Crippen molar-refractivity contribution in [2.75, 3.05) is 12.1 Å². The number of nitrogens with zero attached hydrogens (tertiary/aromatic N) is 4. The molecule has 0 saturated heterocycles. The summed E-state index contributed by atoms with van der Waals surface area (Å²) in [5.41, 5.74) is 4.59. The molecule has 0 atom stereocenters. The summed E-state index contributed by atoms with van der Waals surface area (Å²) >= 11 is 1.47. The first-order chi connectivity index (χ1) is 16.1. The molecule has 1 aliphatic rings. The van der Waals surface area contributed by atoms with E-state index >= 15 is 0 Å². The average Bonchev–Trinajstić information content (AvgIpc) is 3.52. The van der Waals surface area contributed by atoms with Crippen molar-refractivity contribution in [1.82, 2.24) is 19.2 Å². The summed E-state index contributed by atoms with van der Waals surface area (Å²) in [7, 11) is 0. The molecule has 1 amide bonds. The van der Waals surface area contributed by atoms with Gasteiger partial charge in [0.15, 0.2) is 17.1 Å². The molecular formula is C23H17N5O4S. The van der Waals surface area contributed by atoms with E-state index in [2.05, 4.69) is 27.5 Å². The van der Waals surface area contributed by atoms with E-state index in [1.165, 1.54) is 27.6 Å². The SMILES string of the molecule is Cc1ccc(-c2csc3c2ncn2c(=O)n(CC(=O)Nc4ccc5c(c4)OCO5)nc32)cc1. The van der Waals surface area contributed by atoms with Crippen LogP contribution in [0.4, 0.5) is 5.69 Å². The Kier molecular flexibility index (Phi) is 4.40. The van der Waals surface area contributed by atoms with E-state index in [1.807, 2.05) is 24.4 Å². The van der Waals surface area contributed by atoms with Crippen LogP contribution in [0.1, 0.15) is 5.56 Å². The third-order valence-electron chi connectivity index (χ3n) is 5.45. The molecule has 33 heavy (non-hydrogen) atoms. The molecule has 0 bridgehead atoms. The number of amides is 1. The minimum Gasteiger partial charge on any atom is -0.454 e. The fourth-order valence-electron chi connectivity index (χ4n) is 3.78. The van der Waals surface area contributed by atoms with Gasteiger partial charge >= 0.3 is 5.69 Å². The summed E-state index contributed by atoms with van der Waals surface area (Å²) in [5, 5.41) is 9.21. The number of thiophene rings is 1. The van der Waals surface area contributed by atoms with Gasteiger partial charge in [-0.05, 0) is 24.6 Å². The maximum Gasteiger partial charge on any atom is 0.352 e. The summed E-state index contributed by atoms with van der Waals surface area (Å²) in [6, 6.07) is 13.3. The zero-order valence-electron chi connectivity index (χ0n) is 17.4. The van der Waals surface area contributed by atoms with Gasteiger partial charge in [-0.3, -0.25) is 4.79 Å². The molecule has 0 spiro atoms. The molecule has 1 aliphatic heterocycles. The Hall–Kier alpha value is -4.18. The van der Waals surface area contributed by atoms with E-state index in [-0.39, 0.29) is 19.2 Å². The molecule has 10 heteroatoms. The molecule has 164 valence electrons. The lowest BCUT2D eigenvalue weighted by Crippen LogP contribution is -2.28. The topological polar surface area (TPSA) is 99.8 Å². The second-order valence-electron chi connectivity index (χ2n) is 7.69. The average molecular weight is 459 g/mol. The van der Waals surface area contributed by atoms with Gasteiger partial charge in [0.2, 0.25) is 12.7 Å². The molecule has 0 radical (unpaired) electrons. The summed E-state index contributed by atoms with van der Waals surface area (Å²) in [4.78, 5) is 29.9. The summed E-state index contributed by atoms with van der Waals surface area (Å²) in [6.07, 6.45) is 1.46. The predicted molar refractivity (Wildman–Crippen MR) is 124 cm³/mol. The van der Waals surface area contributed by atoms with Gasteiger partial charge in [-0.25, -0.2) is 18.9 Å². The number of benzene rings is 2. The van der Waals surface area contributed by atoms with Crippen LogP contribution in [0.3, 0.4) is 0 Å². The van der Waals surface area contributed by atoms with E-state index in [0.717, 1.165) is 26.0 Å². The number of nitrogens with one attached hydrogen (secondary N) is 1. The van der Waals surface area contributed by atoms with E-state index in [4.69, 9.17) is 9.47 Å². The highest BCUT2D eigenvalue weighted by atomic mass is 32.1. The van der Waals surface area contributed by atoms with Gasteiger partial charge in [-0.1, -0.05) is 29.8 Å². The van der Waals surface area contributed by atoms with Crippen LogP contribution in [0.2, 0.25) is 0 Å². The number of carbonyl (C=O) groups is 1. The number of aryl methyl sites for hydroxylation is 1. The van der Waals surface area contributed by atoms with Crippen molar-refractivity contribution >= 4 is 38.8 Å². The minimum atomic E-state index is -0.425. The van der Waals surface area contributed by atoms with Crippen molar-refractivity contribution in [3.63, 3.8) is 0 Å².